The summed E-state index contributed by atoms with van der Waals surface area (Å²) in [6.07, 6.45) is -21.5. The van der Waals surface area contributed by atoms with Crippen LogP contribution in [0.3, 0.4) is 0 Å². The Hall–Kier alpha value is -4.05. The zero-order chi connectivity index (χ0) is 32.4. The van der Waals surface area contributed by atoms with Gasteiger partial charge in [0, 0.05) is 0 Å². The predicted molar refractivity (Wildman–Crippen MR) is 122 cm³/mol. The van der Waals surface area contributed by atoms with Crippen molar-refractivity contribution in [3.05, 3.63) is 57.7 Å². The van der Waals surface area contributed by atoms with Crippen molar-refractivity contribution in [2.45, 2.75) is 24.7 Å². The van der Waals surface area contributed by atoms with Crippen molar-refractivity contribution in [3.63, 3.8) is 0 Å². The summed E-state index contributed by atoms with van der Waals surface area (Å²) in [6, 6.07) is 0.937. The maximum atomic E-state index is 13.8. The third kappa shape index (κ3) is 7.23. The molecule has 0 amide bonds. The monoisotopic (exact) mass is 626 g/mol. The molecule has 2 aromatic rings. The molecule has 5 nitrogen and oxygen atoms in total. The fourth-order valence-corrected chi connectivity index (χ4v) is 3.84. The molecule has 2 aromatic carbocycles. The fourth-order valence-electron chi connectivity index (χ4n) is 3.84. The van der Waals surface area contributed by atoms with Gasteiger partial charge in [-0.25, -0.2) is 0 Å². The first kappa shape index (κ1) is 34.2. The van der Waals surface area contributed by atoms with Crippen LogP contribution in [-0.2, 0) is 29.5 Å². The zero-order valence-electron chi connectivity index (χ0n) is 21.5. The van der Waals surface area contributed by atoms with E-state index >= 15 is 0 Å². The number of methoxy groups -OCH3 is 4. The second-order valence-electron chi connectivity index (χ2n) is 7.96. The van der Waals surface area contributed by atoms with Gasteiger partial charge in [0.05, 0.1) is 39.6 Å². The van der Waals surface area contributed by atoms with E-state index in [1.165, 1.54) is 0 Å². The van der Waals surface area contributed by atoms with Crippen molar-refractivity contribution in [2.75, 3.05) is 28.4 Å². The maximum Gasteiger partial charge on any atom is 0.420 e. The maximum absolute atomic E-state index is 13.8. The molecule has 0 aromatic heterocycles. The molecule has 42 heavy (non-hydrogen) atoms. The highest BCUT2D eigenvalue weighted by Gasteiger charge is 2.49. The molecule has 0 N–H and O–H groups in total. The average molecular weight is 626 g/mol. The summed E-state index contributed by atoms with van der Waals surface area (Å²) in [4.78, 5) is 12.3. The van der Waals surface area contributed by atoms with Crippen LogP contribution in [0.4, 0.5) is 52.7 Å². The van der Waals surface area contributed by atoms with Crippen LogP contribution in [0.15, 0.2) is 24.3 Å². The standard InChI is InChI=1S/C25H18F12O5/c1-39-14-9-11(16(22(26,27)28)18(20(14)41-3)24(32,33)34)5-7-13(38)8-6-12-10-15(40-2)21(42-4)19(25(35,36)37)17(12)23(29,30)31/h5-10H,1-4H3/b7-5+,8-6+. The number of allylic oxidation sites excluding steroid dienone is 2. The molecule has 0 aliphatic rings. The Bertz CT molecular complexity index is 1280. The lowest BCUT2D eigenvalue weighted by atomic mass is 9.96. The molecule has 0 fully saturated rings. The quantitative estimate of drug-likeness (QED) is 0.219. The van der Waals surface area contributed by atoms with Crippen LogP contribution >= 0.6 is 0 Å². The molecule has 0 heterocycles. The topological polar surface area (TPSA) is 54.0 Å². The molecule has 0 atom stereocenters. The smallest absolute Gasteiger partial charge is 0.420 e. The molecular formula is C25H18F12O5. The van der Waals surface area contributed by atoms with E-state index in [0.29, 0.717) is 26.4 Å². The van der Waals surface area contributed by atoms with Gasteiger partial charge in [0.15, 0.2) is 28.8 Å². The number of hydrogen-bond acceptors (Lipinski definition) is 5. The fraction of sp³-hybridized carbons (Fsp3) is 0.320. The van der Waals surface area contributed by atoms with Crippen molar-refractivity contribution >= 4 is 17.9 Å². The number of rotatable bonds is 8. The number of benzene rings is 2. The molecule has 0 aliphatic heterocycles. The Morgan fingerprint density at radius 3 is 1.02 bits per heavy atom. The highest BCUT2D eigenvalue weighted by atomic mass is 19.4. The first-order valence-corrected chi connectivity index (χ1v) is 10.9. The van der Waals surface area contributed by atoms with E-state index in [4.69, 9.17) is 0 Å². The average Bonchev–Trinajstić information content (AvgIpc) is 2.86. The summed E-state index contributed by atoms with van der Waals surface area (Å²) in [6.45, 7) is 0. The summed E-state index contributed by atoms with van der Waals surface area (Å²) in [5, 5.41) is 0. The Labute approximate surface area is 228 Å². The van der Waals surface area contributed by atoms with Crippen molar-refractivity contribution < 1.29 is 76.4 Å². The van der Waals surface area contributed by atoms with Crippen LogP contribution < -0.4 is 18.9 Å². The van der Waals surface area contributed by atoms with E-state index < -0.39 is 86.9 Å². The lowest BCUT2D eigenvalue weighted by Gasteiger charge is -2.22. The van der Waals surface area contributed by atoms with Gasteiger partial charge in [-0.2, -0.15) is 52.7 Å². The van der Waals surface area contributed by atoms with Gasteiger partial charge in [0.2, 0.25) is 0 Å². The number of hydrogen-bond donors (Lipinski definition) is 0. The van der Waals surface area contributed by atoms with E-state index in [1.54, 1.807) is 0 Å². The molecule has 0 saturated heterocycles. The van der Waals surface area contributed by atoms with E-state index in [9.17, 15) is 57.5 Å². The predicted octanol–water partition coefficient (Wildman–Crippen LogP) is 8.09. The van der Waals surface area contributed by atoms with E-state index in [2.05, 4.69) is 18.9 Å². The number of halogens is 12. The summed E-state index contributed by atoms with van der Waals surface area (Å²) < 4.78 is 183. The van der Waals surface area contributed by atoms with Crippen LogP contribution in [0.1, 0.15) is 33.4 Å². The van der Waals surface area contributed by atoms with Gasteiger partial charge in [-0.1, -0.05) is 12.2 Å². The first-order chi connectivity index (χ1) is 19.1. The van der Waals surface area contributed by atoms with Crippen LogP contribution in [0.5, 0.6) is 23.0 Å². The Morgan fingerprint density at radius 1 is 0.524 bits per heavy atom. The largest absolute Gasteiger partial charge is 0.493 e. The molecule has 0 spiro atoms. The van der Waals surface area contributed by atoms with E-state index in [-0.39, 0.29) is 24.3 Å². The van der Waals surface area contributed by atoms with Crippen LogP contribution in [0, 0.1) is 0 Å². The minimum atomic E-state index is -5.65. The highest BCUT2D eigenvalue weighted by Crippen LogP contribution is 2.52. The van der Waals surface area contributed by atoms with Gasteiger partial charge in [0.1, 0.15) is 11.1 Å². The zero-order valence-corrected chi connectivity index (χ0v) is 21.5. The normalized spacial score (nSPS) is 13.1. The van der Waals surface area contributed by atoms with Crippen molar-refractivity contribution in [2.24, 2.45) is 0 Å². The minimum Gasteiger partial charge on any atom is -0.493 e. The van der Waals surface area contributed by atoms with E-state index in [0.717, 1.165) is 14.2 Å². The van der Waals surface area contributed by atoms with Gasteiger partial charge in [-0.3, -0.25) is 4.79 Å². The number of alkyl halides is 12. The second-order valence-corrected chi connectivity index (χ2v) is 7.96. The molecule has 0 unspecified atom stereocenters. The third-order valence-corrected chi connectivity index (χ3v) is 5.39. The van der Waals surface area contributed by atoms with Gasteiger partial charge >= 0.3 is 24.7 Å². The number of ketones is 1. The van der Waals surface area contributed by atoms with Crippen molar-refractivity contribution in [3.8, 4) is 23.0 Å². The molecule has 0 bridgehead atoms. The first-order valence-electron chi connectivity index (χ1n) is 10.9. The number of carbonyl (C=O) groups excluding carboxylic acids is 1. The van der Waals surface area contributed by atoms with Crippen molar-refractivity contribution in [1.29, 1.82) is 0 Å². The van der Waals surface area contributed by atoms with Crippen LogP contribution in [0.2, 0.25) is 0 Å². The van der Waals surface area contributed by atoms with Gasteiger partial charge in [0.25, 0.3) is 0 Å². The minimum absolute atomic E-state index is 0.256. The van der Waals surface area contributed by atoms with Crippen molar-refractivity contribution in [1.82, 2.24) is 0 Å². The summed E-state index contributed by atoms with van der Waals surface area (Å²) >= 11 is 0. The number of carbonyl (C=O) groups is 1. The van der Waals surface area contributed by atoms with Gasteiger partial charge in [-0.15, -0.1) is 0 Å². The molecular weight excluding hydrogens is 608 g/mol. The molecule has 17 heteroatoms. The van der Waals surface area contributed by atoms with Crippen LogP contribution in [-0.4, -0.2) is 34.2 Å². The molecule has 0 radical (unpaired) electrons. The lowest BCUT2D eigenvalue weighted by Crippen LogP contribution is -2.20. The summed E-state index contributed by atoms with van der Waals surface area (Å²) in [7, 11) is 2.96. The number of ether oxygens (including phenoxy) is 4. The molecule has 232 valence electrons. The molecule has 0 aliphatic carbocycles. The second kappa shape index (κ2) is 12.1. The van der Waals surface area contributed by atoms with E-state index in [1.807, 2.05) is 0 Å². The lowest BCUT2D eigenvalue weighted by molar-refractivity contribution is -0.163. The van der Waals surface area contributed by atoms with Gasteiger partial charge in [-0.05, 0) is 35.4 Å². The third-order valence-electron chi connectivity index (χ3n) is 5.39. The SMILES string of the molecule is COc1cc(/C=C/C(=O)/C=C/c2cc(OC)c(OC)c(C(F)(F)F)c2C(F)(F)F)c(C(F)(F)F)c(C(F)(F)F)c1OC. The Kier molecular flexibility index (Phi) is 9.80. The van der Waals surface area contributed by atoms with Gasteiger partial charge < -0.3 is 18.9 Å². The van der Waals surface area contributed by atoms with Crippen LogP contribution in [0.25, 0.3) is 12.2 Å². The molecule has 2 rings (SSSR count). The Balaban J connectivity index is 2.75. The summed E-state index contributed by atoms with van der Waals surface area (Å²) in [5.41, 5.74) is -11.6. The highest BCUT2D eigenvalue weighted by molar-refractivity contribution is 6.04. The summed E-state index contributed by atoms with van der Waals surface area (Å²) in [5.74, 6) is -5.65. The molecule has 0 saturated carbocycles. The Morgan fingerprint density at radius 2 is 0.810 bits per heavy atom.